The molecule has 116 valence electrons. The molecule has 2 aromatic carbocycles. The van der Waals surface area contributed by atoms with Gasteiger partial charge in [0.05, 0.1) is 5.56 Å². The van der Waals surface area contributed by atoms with E-state index in [1.54, 1.807) is 30.3 Å². The van der Waals surface area contributed by atoms with Crippen LogP contribution in [0.3, 0.4) is 0 Å². The first-order chi connectivity index (χ1) is 11.0. The summed E-state index contributed by atoms with van der Waals surface area (Å²) in [4.78, 5) is 35.3. The van der Waals surface area contributed by atoms with Crippen LogP contribution in [0.2, 0.25) is 0 Å². The van der Waals surface area contributed by atoms with Gasteiger partial charge in [-0.05, 0) is 36.8 Å². The van der Waals surface area contributed by atoms with Gasteiger partial charge in [-0.15, -0.1) is 0 Å². The van der Waals surface area contributed by atoms with Crippen LogP contribution in [0.4, 0.5) is 11.4 Å². The summed E-state index contributed by atoms with van der Waals surface area (Å²) in [7, 11) is 0. The standard InChI is InChI=1S/C17H14N2O4/c1-10-4-2-3-5-14(10)19-16(21)15(20)18-12-6-7-13-11(8-12)9-23-17(13)22/h2-8H,9H2,1H3,(H,18,20)(H,19,21). The number of nitrogens with one attached hydrogen (secondary N) is 2. The third kappa shape index (κ3) is 3.06. The van der Waals surface area contributed by atoms with Crippen molar-refractivity contribution in [2.24, 2.45) is 0 Å². The molecule has 6 nitrogen and oxygen atoms in total. The van der Waals surface area contributed by atoms with Gasteiger partial charge in [0.15, 0.2) is 0 Å². The van der Waals surface area contributed by atoms with Gasteiger partial charge in [0, 0.05) is 16.9 Å². The molecular weight excluding hydrogens is 296 g/mol. The first-order valence-corrected chi connectivity index (χ1v) is 7.02. The molecule has 0 radical (unpaired) electrons. The zero-order valence-electron chi connectivity index (χ0n) is 12.4. The van der Waals surface area contributed by atoms with Crippen LogP contribution >= 0.6 is 0 Å². The molecule has 0 unspecified atom stereocenters. The molecule has 23 heavy (non-hydrogen) atoms. The van der Waals surface area contributed by atoms with Crippen molar-refractivity contribution in [1.82, 2.24) is 0 Å². The van der Waals surface area contributed by atoms with Crippen LogP contribution in [-0.2, 0) is 20.9 Å². The minimum absolute atomic E-state index is 0.174. The maximum atomic E-state index is 12.0. The van der Waals surface area contributed by atoms with E-state index < -0.39 is 11.8 Å². The number of benzene rings is 2. The second-order valence-corrected chi connectivity index (χ2v) is 5.17. The minimum Gasteiger partial charge on any atom is -0.457 e. The van der Waals surface area contributed by atoms with Gasteiger partial charge in [0.2, 0.25) is 0 Å². The molecule has 0 saturated carbocycles. The van der Waals surface area contributed by atoms with Crippen LogP contribution in [-0.4, -0.2) is 17.8 Å². The Kier molecular flexibility index (Phi) is 3.80. The highest BCUT2D eigenvalue weighted by Gasteiger charge is 2.22. The molecule has 2 N–H and O–H groups in total. The average Bonchev–Trinajstić information content (AvgIpc) is 2.90. The van der Waals surface area contributed by atoms with E-state index >= 15 is 0 Å². The smallest absolute Gasteiger partial charge is 0.338 e. The number of hydrogen-bond donors (Lipinski definition) is 2. The monoisotopic (exact) mass is 310 g/mol. The Labute approximate surface area is 132 Å². The molecule has 1 aliphatic rings. The Hall–Kier alpha value is -3.15. The summed E-state index contributed by atoms with van der Waals surface area (Å²) in [5.41, 5.74) is 3.05. The summed E-state index contributed by atoms with van der Waals surface area (Å²) in [6.45, 7) is 2.01. The zero-order valence-corrected chi connectivity index (χ0v) is 12.4. The number of rotatable bonds is 2. The molecular formula is C17H14N2O4. The van der Waals surface area contributed by atoms with Gasteiger partial charge in [0.1, 0.15) is 6.61 Å². The first kappa shape index (κ1) is 14.8. The Morgan fingerprint density at radius 3 is 2.57 bits per heavy atom. The predicted octanol–water partition coefficient (Wildman–Crippen LogP) is 2.24. The quantitative estimate of drug-likeness (QED) is 0.658. The van der Waals surface area contributed by atoms with E-state index in [9.17, 15) is 14.4 Å². The van der Waals surface area contributed by atoms with Gasteiger partial charge in [-0.1, -0.05) is 18.2 Å². The molecule has 1 heterocycles. The molecule has 0 saturated heterocycles. The lowest BCUT2D eigenvalue weighted by Crippen LogP contribution is -2.29. The minimum atomic E-state index is -0.779. The fourth-order valence-electron chi connectivity index (χ4n) is 2.29. The van der Waals surface area contributed by atoms with Gasteiger partial charge >= 0.3 is 17.8 Å². The number of esters is 1. The van der Waals surface area contributed by atoms with Gasteiger partial charge < -0.3 is 15.4 Å². The van der Waals surface area contributed by atoms with Crippen molar-refractivity contribution in [3.05, 3.63) is 59.2 Å². The fraction of sp³-hybridized carbons (Fsp3) is 0.118. The number of cyclic esters (lactones) is 1. The van der Waals surface area contributed by atoms with E-state index in [0.29, 0.717) is 22.5 Å². The Morgan fingerprint density at radius 2 is 1.78 bits per heavy atom. The molecule has 0 bridgehead atoms. The lowest BCUT2D eigenvalue weighted by atomic mass is 10.1. The average molecular weight is 310 g/mol. The highest BCUT2D eigenvalue weighted by atomic mass is 16.5. The van der Waals surface area contributed by atoms with Gasteiger partial charge in [-0.3, -0.25) is 9.59 Å². The van der Waals surface area contributed by atoms with E-state index in [1.807, 2.05) is 19.1 Å². The second-order valence-electron chi connectivity index (χ2n) is 5.17. The molecule has 0 aliphatic carbocycles. The maximum absolute atomic E-state index is 12.0. The molecule has 3 rings (SSSR count). The van der Waals surface area contributed by atoms with Gasteiger partial charge in [0.25, 0.3) is 0 Å². The van der Waals surface area contributed by atoms with E-state index in [1.165, 1.54) is 0 Å². The number of hydrogen-bond acceptors (Lipinski definition) is 4. The Balaban J connectivity index is 1.68. The Bertz CT molecular complexity index is 814. The largest absolute Gasteiger partial charge is 0.457 e. The SMILES string of the molecule is Cc1ccccc1NC(=O)C(=O)Nc1ccc2c(c1)COC2=O. The van der Waals surface area contributed by atoms with Gasteiger partial charge in [-0.25, -0.2) is 4.79 Å². The van der Waals surface area contributed by atoms with E-state index in [-0.39, 0.29) is 12.6 Å². The second kappa shape index (κ2) is 5.92. The summed E-state index contributed by atoms with van der Waals surface area (Å²) in [6, 6.07) is 11.9. The number of carbonyl (C=O) groups is 3. The van der Waals surface area contributed by atoms with Crippen LogP contribution in [0.25, 0.3) is 0 Å². The normalized spacial score (nSPS) is 12.3. The lowest BCUT2D eigenvalue weighted by molar-refractivity contribution is -0.133. The van der Waals surface area contributed by atoms with Crippen LogP contribution < -0.4 is 10.6 Å². The molecule has 1 aliphatic heterocycles. The number of fused-ring (bicyclic) bond motifs is 1. The summed E-state index contributed by atoms with van der Waals surface area (Å²) >= 11 is 0. The summed E-state index contributed by atoms with van der Waals surface area (Å²) in [5, 5.41) is 5.07. The summed E-state index contributed by atoms with van der Waals surface area (Å²) in [5.74, 6) is -1.92. The number of anilines is 2. The molecule has 0 atom stereocenters. The van der Waals surface area contributed by atoms with Crippen molar-refractivity contribution >= 4 is 29.2 Å². The summed E-state index contributed by atoms with van der Waals surface area (Å²) in [6.07, 6.45) is 0. The highest BCUT2D eigenvalue weighted by molar-refractivity contribution is 6.43. The number of amides is 2. The molecule has 0 fully saturated rings. The molecule has 0 spiro atoms. The van der Waals surface area contributed by atoms with Crippen molar-refractivity contribution in [1.29, 1.82) is 0 Å². The van der Waals surface area contributed by atoms with E-state index in [2.05, 4.69) is 10.6 Å². The number of para-hydroxylation sites is 1. The number of ether oxygens (including phenoxy) is 1. The molecule has 6 heteroatoms. The van der Waals surface area contributed by atoms with Crippen molar-refractivity contribution in [3.63, 3.8) is 0 Å². The van der Waals surface area contributed by atoms with Crippen LogP contribution in [0, 0.1) is 6.92 Å². The van der Waals surface area contributed by atoms with Gasteiger partial charge in [-0.2, -0.15) is 0 Å². The number of carbonyl (C=O) groups excluding carboxylic acids is 3. The van der Waals surface area contributed by atoms with Crippen molar-refractivity contribution < 1.29 is 19.1 Å². The van der Waals surface area contributed by atoms with E-state index in [4.69, 9.17) is 4.74 Å². The third-order valence-electron chi connectivity index (χ3n) is 3.54. The highest BCUT2D eigenvalue weighted by Crippen LogP contribution is 2.23. The predicted molar refractivity (Wildman–Crippen MR) is 84.0 cm³/mol. The van der Waals surface area contributed by atoms with Crippen molar-refractivity contribution in [2.45, 2.75) is 13.5 Å². The summed E-state index contributed by atoms with van der Waals surface area (Å²) < 4.78 is 4.89. The molecule has 2 amide bonds. The lowest BCUT2D eigenvalue weighted by Gasteiger charge is -2.09. The fourth-order valence-corrected chi connectivity index (χ4v) is 2.29. The molecule has 2 aromatic rings. The zero-order chi connectivity index (χ0) is 16.4. The van der Waals surface area contributed by atoms with E-state index in [0.717, 1.165) is 5.56 Å². The first-order valence-electron chi connectivity index (χ1n) is 7.02. The third-order valence-corrected chi connectivity index (χ3v) is 3.54. The Morgan fingerprint density at radius 1 is 1.04 bits per heavy atom. The topological polar surface area (TPSA) is 84.5 Å². The number of aryl methyl sites for hydroxylation is 1. The maximum Gasteiger partial charge on any atom is 0.338 e. The van der Waals surface area contributed by atoms with Crippen molar-refractivity contribution in [2.75, 3.05) is 10.6 Å². The molecule has 0 aromatic heterocycles. The van der Waals surface area contributed by atoms with Crippen LogP contribution in [0.1, 0.15) is 21.5 Å². The van der Waals surface area contributed by atoms with Crippen molar-refractivity contribution in [3.8, 4) is 0 Å². The van der Waals surface area contributed by atoms with Crippen LogP contribution in [0.5, 0.6) is 0 Å². The van der Waals surface area contributed by atoms with Crippen LogP contribution in [0.15, 0.2) is 42.5 Å².